The molecule has 1 atom stereocenters. The molecule has 2 fully saturated rings. The van der Waals surface area contributed by atoms with Gasteiger partial charge in [0.1, 0.15) is 0 Å². The van der Waals surface area contributed by atoms with Crippen LogP contribution in [0.15, 0.2) is 42.9 Å². The average molecular weight is 447 g/mol. The first kappa shape index (κ1) is 22.2. The Bertz CT molecular complexity index is 1020. The molecule has 0 aromatic carbocycles. The molecule has 1 unspecified atom stereocenters. The van der Waals surface area contributed by atoms with Gasteiger partial charge in [0.15, 0.2) is 0 Å². The third-order valence-corrected chi connectivity index (χ3v) is 6.98. The lowest BCUT2D eigenvalue weighted by Crippen LogP contribution is -2.32. The van der Waals surface area contributed by atoms with Crippen LogP contribution in [0.4, 0.5) is 0 Å². The van der Waals surface area contributed by atoms with E-state index in [9.17, 15) is 0 Å². The van der Waals surface area contributed by atoms with E-state index in [1.165, 1.54) is 36.8 Å². The zero-order valence-corrected chi connectivity index (χ0v) is 19.6. The van der Waals surface area contributed by atoms with Gasteiger partial charge in [-0.3, -0.25) is 14.9 Å². The van der Waals surface area contributed by atoms with Crippen LogP contribution < -0.4 is 0 Å². The van der Waals surface area contributed by atoms with Crippen molar-refractivity contribution in [3.8, 4) is 0 Å². The lowest BCUT2D eigenvalue weighted by Gasteiger charge is -2.32. The summed E-state index contributed by atoms with van der Waals surface area (Å²) >= 11 is 0. The molecular weight excluding hydrogens is 412 g/mol. The Labute approximate surface area is 196 Å². The summed E-state index contributed by atoms with van der Waals surface area (Å²) < 4.78 is 7.75. The molecule has 5 rings (SSSR count). The maximum atomic E-state index is 5.83. The van der Waals surface area contributed by atoms with Crippen LogP contribution >= 0.6 is 0 Å². The number of hydrogen-bond donors (Lipinski definition) is 0. The molecule has 0 aliphatic carbocycles. The number of rotatable bonds is 7. The summed E-state index contributed by atoms with van der Waals surface area (Å²) in [7, 11) is 0. The third kappa shape index (κ3) is 5.84. The van der Waals surface area contributed by atoms with Gasteiger partial charge in [0.05, 0.1) is 24.0 Å². The highest BCUT2D eigenvalue weighted by Gasteiger charge is 2.22. The smallest absolute Gasteiger partial charge is 0.0886 e. The Morgan fingerprint density at radius 2 is 1.97 bits per heavy atom. The highest BCUT2D eigenvalue weighted by molar-refractivity contribution is 5.29. The van der Waals surface area contributed by atoms with Crippen molar-refractivity contribution in [3.05, 3.63) is 71.1 Å². The SMILES string of the molecule is Cc1cc(C2CCN(Cc3ccccn3)CC2)cnc1Cc1cn(CC2CCCCO2)nn1. The van der Waals surface area contributed by atoms with E-state index >= 15 is 0 Å². The van der Waals surface area contributed by atoms with E-state index in [2.05, 4.69) is 51.5 Å². The van der Waals surface area contributed by atoms with Gasteiger partial charge in [-0.2, -0.15) is 0 Å². The van der Waals surface area contributed by atoms with Crippen LogP contribution in [0.5, 0.6) is 0 Å². The van der Waals surface area contributed by atoms with Gasteiger partial charge in [0.25, 0.3) is 0 Å². The van der Waals surface area contributed by atoms with Gasteiger partial charge in [-0.1, -0.05) is 17.3 Å². The summed E-state index contributed by atoms with van der Waals surface area (Å²) in [5.74, 6) is 0.585. The Morgan fingerprint density at radius 1 is 1.06 bits per heavy atom. The standard InChI is InChI=1S/C26H34N6O/c1-20-14-22(21-8-11-31(12-9-21)17-23-6-2-4-10-27-23)16-28-26(20)15-24-18-32(30-29-24)19-25-7-3-5-13-33-25/h2,4,6,10,14,16,18,21,25H,3,5,7-9,11-13,15,17,19H2,1H3. The Kier molecular flexibility index (Phi) is 7.07. The molecule has 174 valence electrons. The summed E-state index contributed by atoms with van der Waals surface area (Å²) in [6.07, 6.45) is 12.9. The number of piperidine rings is 1. The summed E-state index contributed by atoms with van der Waals surface area (Å²) in [6, 6.07) is 8.49. The number of aromatic nitrogens is 5. The van der Waals surface area contributed by atoms with Crippen LogP contribution in [-0.4, -0.2) is 55.7 Å². The molecule has 3 aromatic rings. The summed E-state index contributed by atoms with van der Waals surface area (Å²) in [6.45, 7) is 6.98. The molecule has 0 spiro atoms. The number of aryl methyl sites for hydroxylation is 1. The first-order valence-corrected chi connectivity index (χ1v) is 12.3. The monoisotopic (exact) mass is 446 g/mol. The fourth-order valence-corrected chi connectivity index (χ4v) is 5.02. The molecule has 2 saturated heterocycles. The first-order chi connectivity index (χ1) is 16.2. The molecule has 3 aromatic heterocycles. The van der Waals surface area contributed by atoms with Gasteiger partial charge in [0.2, 0.25) is 0 Å². The molecule has 2 aliphatic rings. The Balaban J connectivity index is 1.15. The quantitative estimate of drug-likeness (QED) is 0.548. The van der Waals surface area contributed by atoms with E-state index in [4.69, 9.17) is 9.72 Å². The molecular formula is C26H34N6O. The maximum Gasteiger partial charge on any atom is 0.0886 e. The van der Waals surface area contributed by atoms with Gasteiger partial charge < -0.3 is 4.74 Å². The fraction of sp³-hybridized carbons (Fsp3) is 0.538. The van der Waals surface area contributed by atoms with Gasteiger partial charge in [0, 0.05) is 43.9 Å². The topological polar surface area (TPSA) is 69.0 Å². The van der Waals surface area contributed by atoms with E-state index < -0.39 is 0 Å². The number of likely N-dealkylation sites (tertiary alicyclic amines) is 1. The van der Waals surface area contributed by atoms with Crippen LogP contribution in [-0.2, 0) is 24.2 Å². The van der Waals surface area contributed by atoms with Crippen molar-refractivity contribution in [3.63, 3.8) is 0 Å². The van der Waals surface area contributed by atoms with Crippen LogP contribution in [0.25, 0.3) is 0 Å². The van der Waals surface area contributed by atoms with Crippen LogP contribution in [0.3, 0.4) is 0 Å². The molecule has 0 bridgehead atoms. The minimum absolute atomic E-state index is 0.266. The number of ether oxygens (including phenoxy) is 1. The lowest BCUT2D eigenvalue weighted by molar-refractivity contribution is 0.00370. The van der Waals surface area contributed by atoms with Crippen LogP contribution in [0.1, 0.15) is 66.2 Å². The average Bonchev–Trinajstić information content (AvgIpc) is 3.29. The van der Waals surface area contributed by atoms with Crippen molar-refractivity contribution in [2.45, 2.75) is 70.6 Å². The van der Waals surface area contributed by atoms with Crippen LogP contribution in [0, 0.1) is 6.92 Å². The highest BCUT2D eigenvalue weighted by atomic mass is 16.5. The van der Waals surface area contributed by atoms with Gasteiger partial charge >= 0.3 is 0 Å². The predicted octanol–water partition coefficient (Wildman–Crippen LogP) is 3.92. The van der Waals surface area contributed by atoms with Crippen molar-refractivity contribution >= 4 is 0 Å². The van der Waals surface area contributed by atoms with Crippen molar-refractivity contribution < 1.29 is 4.74 Å². The Hall–Kier alpha value is -2.64. The molecule has 0 saturated carbocycles. The summed E-state index contributed by atoms with van der Waals surface area (Å²) in [5, 5.41) is 8.69. The lowest BCUT2D eigenvalue weighted by atomic mass is 9.89. The molecule has 2 aliphatic heterocycles. The zero-order chi connectivity index (χ0) is 22.5. The van der Waals surface area contributed by atoms with E-state index in [-0.39, 0.29) is 6.10 Å². The predicted molar refractivity (Wildman–Crippen MR) is 127 cm³/mol. The molecule has 5 heterocycles. The van der Waals surface area contributed by atoms with Crippen LogP contribution in [0.2, 0.25) is 0 Å². The number of pyridine rings is 2. The molecule has 7 heteroatoms. The number of nitrogens with zero attached hydrogens (tertiary/aromatic N) is 6. The minimum atomic E-state index is 0.266. The normalized spacial score (nSPS) is 20.2. The maximum absolute atomic E-state index is 5.83. The molecule has 0 radical (unpaired) electrons. The van der Waals surface area contributed by atoms with E-state index in [0.29, 0.717) is 5.92 Å². The zero-order valence-electron chi connectivity index (χ0n) is 19.6. The van der Waals surface area contributed by atoms with Crippen molar-refractivity contribution in [1.29, 1.82) is 0 Å². The second-order valence-electron chi connectivity index (χ2n) is 9.50. The van der Waals surface area contributed by atoms with Gasteiger partial charge in [-0.25, -0.2) is 4.68 Å². The molecule has 33 heavy (non-hydrogen) atoms. The second kappa shape index (κ2) is 10.5. The molecule has 0 N–H and O–H groups in total. The number of hydrogen-bond acceptors (Lipinski definition) is 6. The van der Waals surface area contributed by atoms with Gasteiger partial charge in [-0.15, -0.1) is 5.10 Å². The molecule has 0 amide bonds. The van der Waals surface area contributed by atoms with Crippen molar-refractivity contribution in [2.75, 3.05) is 19.7 Å². The fourth-order valence-electron chi connectivity index (χ4n) is 5.02. The highest BCUT2D eigenvalue weighted by Crippen LogP contribution is 2.29. The van der Waals surface area contributed by atoms with E-state index in [1.807, 2.05) is 23.1 Å². The third-order valence-electron chi connectivity index (χ3n) is 6.98. The van der Waals surface area contributed by atoms with E-state index in [0.717, 1.165) is 62.7 Å². The summed E-state index contributed by atoms with van der Waals surface area (Å²) in [5.41, 5.74) is 5.82. The van der Waals surface area contributed by atoms with E-state index in [1.54, 1.807) is 0 Å². The summed E-state index contributed by atoms with van der Waals surface area (Å²) in [4.78, 5) is 11.8. The second-order valence-corrected chi connectivity index (χ2v) is 9.50. The largest absolute Gasteiger partial charge is 0.376 e. The van der Waals surface area contributed by atoms with Gasteiger partial charge in [-0.05, 0) is 81.3 Å². The molecule has 7 nitrogen and oxygen atoms in total. The minimum Gasteiger partial charge on any atom is -0.376 e. The van der Waals surface area contributed by atoms with Crippen molar-refractivity contribution in [2.24, 2.45) is 0 Å². The Morgan fingerprint density at radius 3 is 2.73 bits per heavy atom. The first-order valence-electron chi connectivity index (χ1n) is 12.3. The van der Waals surface area contributed by atoms with Crippen molar-refractivity contribution in [1.82, 2.24) is 29.9 Å².